The Morgan fingerprint density at radius 1 is 1.17 bits per heavy atom. The summed E-state index contributed by atoms with van der Waals surface area (Å²) in [7, 11) is 0. The molecule has 0 aromatic heterocycles. The van der Waals surface area contributed by atoms with Crippen molar-refractivity contribution in [2.24, 2.45) is 0 Å². The first-order chi connectivity index (χ1) is 8.75. The fourth-order valence-corrected chi connectivity index (χ4v) is 2.02. The van der Waals surface area contributed by atoms with E-state index in [4.69, 9.17) is 23.7 Å². The van der Waals surface area contributed by atoms with Crippen molar-refractivity contribution in [3.05, 3.63) is 18.2 Å². The summed E-state index contributed by atoms with van der Waals surface area (Å²) < 4.78 is 27.2. The van der Waals surface area contributed by atoms with E-state index in [1.165, 1.54) is 0 Å². The Kier molecular flexibility index (Phi) is 3.01. The van der Waals surface area contributed by atoms with Crippen molar-refractivity contribution in [2.75, 3.05) is 26.6 Å². The second-order valence-electron chi connectivity index (χ2n) is 4.44. The highest BCUT2D eigenvalue weighted by molar-refractivity contribution is 5.46. The largest absolute Gasteiger partial charge is 0.493 e. The molecular formula is C13H16O5. The highest BCUT2D eigenvalue weighted by Crippen LogP contribution is 2.35. The summed E-state index contributed by atoms with van der Waals surface area (Å²) >= 11 is 0. The SMILES string of the molecule is CC1(CCOc2ccc3c(c2)OCO3)OCCO1. The molecule has 0 amide bonds. The first-order valence-corrected chi connectivity index (χ1v) is 6.06. The van der Waals surface area contributed by atoms with E-state index in [2.05, 4.69) is 0 Å². The van der Waals surface area contributed by atoms with Gasteiger partial charge in [0.25, 0.3) is 0 Å². The van der Waals surface area contributed by atoms with E-state index in [0.717, 1.165) is 17.2 Å². The summed E-state index contributed by atoms with van der Waals surface area (Å²) in [6, 6.07) is 5.55. The maximum atomic E-state index is 5.66. The highest BCUT2D eigenvalue weighted by Gasteiger charge is 2.30. The highest BCUT2D eigenvalue weighted by atomic mass is 16.7. The Hall–Kier alpha value is -1.46. The van der Waals surface area contributed by atoms with Crippen LogP contribution in [-0.2, 0) is 9.47 Å². The zero-order chi connectivity index (χ0) is 12.4. The minimum Gasteiger partial charge on any atom is -0.493 e. The maximum absolute atomic E-state index is 5.66. The van der Waals surface area contributed by atoms with E-state index >= 15 is 0 Å². The Morgan fingerprint density at radius 3 is 2.78 bits per heavy atom. The molecule has 0 atom stereocenters. The number of rotatable bonds is 4. The van der Waals surface area contributed by atoms with Crippen LogP contribution in [0, 0.1) is 0 Å². The molecule has 18 heavy (non-hydrogen) atoms. The molecule has 0 bridgehead atoms. The van der Waals surface area contributed by atoms with Crippen molar-refractivity contribution in [1.29, 1.82) is 0 Å². The van der Waals surface area contributed by atoms with Gasteiger partial charge >= 0.3 is 0 Å². The van der Waals surface area contributed by atoms with E-state index in [1.54, 1.807) is 0 Å². The second-order valence-corrected chi connectivity index (χ2v) is 4.44. The van der Waals surface area contributed by atoms with Gasteiger partial charge < -0.3 is 23.7 Å². The molecule has 1 aromatic carbocycles. The molecule has 0 saturated carbocycles. The molecule has 5 heteroatoms. The summed E-state index contributed by atoms with van der Waals surface area (Å²) in [5.41, 5.74) is 0. The minimum atomic E-state index is -0.504. The normalized spacial score (nSPS) is 20.1. The summed E-state index contributed by atoms with van der Waals surface area (Å²) in [5.74, 6) is 1.75. The average Bonchev–Trinajstić information content (AvgIpc) is 2.97. The van der Waals surface area contributed by atoms with E-state index in [0.29, 0.717) is 26.2 Å². The Morgan fingerprint density at radius 2 is 1.94 bits per heavy atom. The topological polar surface area (TPSA) is 46.2 Å². The van der Waals surface area contributed by atoms with Crippen molar-refractivity contribution < 1.29 is 23.7 Å². The third kappa shape index (κ3) is 2.37. The van der Waals surface area contributed by atoms with Gasteiger partial charge in [-0.15, -0.1) is 0 Å². The quantitative estimate of drug-likeness (QED) is 0.819. The molecule has 0 aliphatic carbocycles. The molecule has 0 spiro atoms. The number of fused-ring (bicyclic) bond motifs is 1. The van der Waals surface area contributed by atoms with Crippen LogP contribution in [0.1, 0.15) is 13.3 Å². The lowest BCUT2D eigenvalue weighted by atomic mass is 10.2. The summed E-state index contributed by atoms with van der Waals surface area (Å²) in [6.45, 7) is 4.05. The molecule has 5 nitrogen and oxygen atoms in total. The van der Waals surface area contributed by atoms with Gasteiger partial charge in [-0.3, -0.25) is 0 Å². The molecule has 0 unspecified atom stereocenters. The van der Waals surface area contributed by atoms with Crippen LogP contribution in [0.4, 0.5) is 0 Å². The standard InChI is InChI=1S/C13H16O5/c1-13(17-6-7-18-13)4-5-14-10-2-3-11-12(8-10)16-9-15-11/h2-3,8H,4-7,9H2,1H3. The number of ether oxygens (including phenoxy) is 5. The van der Waals surface area contributed by atoms with Crippen LogP contribution in [0.15, 0.2) is 18.2 Å². The van der Waals surface area contributed by atoms with Crippen LogP contribution in [0.3, 0.4) is 0 Å². The molecule has 1 saturated heterocycles. The van der Waals surface area contributed by atoms with Crippen molar-refractivity contribution >= 4 is 0 Å². The average molecular weight is 252 g/mol. The molecule has 3 rings (SSSR count). The Bertz CT molecular complexity index is 425. The monoisotopic (exact) mass is 252 g/mol. The molecule has 2 heterocycles. The van der Waals surface area contributed by atoms with E-state index in [9.17, 15) is 0 Å². The first-order valence-electron chi connectivity index (χ1n) is 6.06. The van der Waals surface area contributed by atoms with Gasteiger partial charge in [-0.25, -0.2) is 0 Å². The van der Waals surface area contributed by atoms with Gasteiger partial charge in [0.2, 0.25) is 6.79 Å². The third-order valence-corrected chi connectivity index (χ3v) is 3.07. The summed E-state index contributed by atoms with van der Waals surface area (Å²) in [5, 5.41) is 0. The molecule has 1 aromatic rings. The molecule has 0 N–H and O–H groups in total. The Balaban J connectivity index is 1.54. The van der Waals surface area contributed by atoms with Crippen LogP contribution in [0.5, 0.6) is 17.2 Å². The second kappa shape index (κ2) is 4.66. The third-order valence-electron chi connectivity index (χ3n) is 3.07. The molecule has 98 valence electrons. The lowest BCUT2D eigenvalue weighted by molar-refractivity contribution is -0.150. The van der Waals surface area contributed by atoms with Crippen molar-refractivity contribution in [1.82, 2.24) is 0 Å². The fraction of sp³-hybridized carbons (Fsp3) is 0.538. The predicted octanol–water partition coefficient (Wildman–Crippen LogP) is 1.95. The smallest absolute Gasteiger partial charge is 0.231 e. The van der Waals surface area contributed by atoms with E-state index in [-0.39, 0.29) is 6.79 Å². The predicted molar refractivity (Wildman–Crippen MR) is 63.0 cm³/mol. The van der Waals surface area contributed by atoms with Gasteiger partial charge in [0.1, 0.15) is 5.75 Å². The lowest BCUT2D eigenvalue weighted by Gasteiger charge is -2.22. The fourth-order valence-electron chi connectivity index (χ4n) is 2.02. The van der Waals surface area contributed by atoms with Gasteiger partial charge in [0.15, 0.2) is 17.3 Å². The van der Waals surface area contributed by atoms with Crippen LogP contribution in [-0.4, -0.2) is 32.4 Å². The zero-order valence-electron chi connectivity index (χ0n) is 10.3. The van der Waals surface area contributed by atoms with Gasteiger partial charge in [0.05, 0.1) is 19.8 Å². The van der Waals surface area contributed by atoms with E-state index in [1.807, 2.05) is 25.1 Å². The number of hydrogen-bond acceptors (Lipinski definition) is 5. The Labute approximate surface area is 106 Å². The minimum absolute atomic E-state index is 0.276. The molecule has 0 radical (unpaired) electrons. The number of benzene rings is 1. The van der Waals surface area contributed by atoms with Crippen molar-refractivity contribution in [2.45, 2.75) is 19.1 Å². The van der Waals surface area contributed by atoms with Gasteiger partial charge in [-0.05, 0) is 19.1 Å². The van der Waals surface area contributed by atoms with Gasteiger partial charge in [-0.2, -0.15) is 0 Å². The molecule has 2 aliphatic heterocycles. The summed E-state index contributed by atoms with van der Waals surface area (Å²) in [6.07, 6.45) is 0.696. The van der Waals surface area contributed by atoms with Crippen molar-refractivity contribution in [3.63, 3.8) is 0 Å². The van der Waals surface area contributed by atoms with Crippen LogP contribution < -0.4 is 14.2 Å². The van der Waals surface area contributed by atoms with Gasteiger partial charge in [0, 0.05) is 12.5 Å². The van der Waals surface area contributed by atoms with Crippen LogP contribution in [0.2, 0.25) is 0 Å². The van der Waals surface area contributed by atoms with E-state index < -0.39 is 5.79 Å². The van der Waals surface area contributed by atoms with Crippen LogP contribution in [0.25, 0.3) is 0 Å². The molecular weight excluding hydrogens is 236 g/mol. The lowest BCUT2D eigenvalue weighted by Crippen LogP contribution is -2.27. The zero-order valence-corrected chi connectivity index (χ0v) is 10.3. The van der Waals surface area contributed by atoms with Gasteiger partial charge in [-0.1, -0.05) is 0 Å². The molecule has 2 aliphatic rings. The summed E-state index contributed by atoms with van der Waals surface area (Å²) in [4.78, 5) is 0. The van der Waals surface area contributed by atoms with Crippen LogP contribution >= 0.6 is 0 Å². The first kappa shape index (κ1) is 11.6. The van der Waals surface area contributed by atoms with Crippen molar-refractivity contribution in [3.8, 4) is 17.2 Å². The maximum Gasteiger partial charge on any atom is 0.231 e. The number of hydrogen-bond donors (Lipinski definition) is 0. The molecule has 1 fully saturated rings.